The molecule has 0 aliphatic heterocycles. The number of ether oxygens (including phenoxy) is 2. The van der Waals surface area contributed by atoms with Crippen LogP contribution in [0.5, 0.6) is 51.7 Å². The van der Waals surface area contributed by atoms with Gasteiger partial charge in [0.1, 0.15) is 0 Å². The summed E-state index contributed by atoms with van der Waals surface area (Å²) >= 11 is 0. The summed E-state index contributed by atoms with van der Waals surface area (Å²) < 4.78 is 43.9. The van der Waals surface area contributed by atoms with E-state index in [0.717, 1.165) is 0 Å². The summed E-state index contributed by atoms with van der Waals surface area (Å²) in [4.78, 5) is 36.1. The molecule has 8 N–H and O–H groups in total. The quantitative estimate of drug-likeness (QED) is 0.0882. The van der Waals surface area contributed by atoms with Gasteiger partial charge in [-0.1, -0.05) is 0 Å². The van der Waals surface area contributed by atoms with Crippen molar-refractivity contribution in [1.29, 1.82) is 0 Å². The predicted molar refractivity (Wildman–Crippen MR) is 118 cm³/mol. The average Bonchev–Trinajstić information content (AvgIpc) is 2.80. The van der Waals surface area contributed by atoms with Gasteiger partial charge in [0, 0.05) is 0 Å². The van der Waals surface area contributed by atoms with Crippen LogP contribution >= 0.6 is 0 Å². The molecule has 0 fully saturated rings. The molecule has 0 unspecified atom stereocenters. The van der Waals surface area contributed by atoms with Gasteiger partial charge in [0.25, 0.3) is 0 Å². The highest BCUT2D eigenvalue weighted by Crippen LogP contribution is 2.41. The lowest BCUT2D eigenvalue weighted by molar-refractivity contribution is 0.0685. The highest BCUT2D eigenvalue weighted by Gasteiger charge is 2.24. The number of aromatic hydroxyl groups is 6. The lowest BCUT2D eigenvalue weighted by Gasteiger charge is -2.12. The fourth-order valence-corrected chi connectivity index (χ4v) is 3.19. The van der Waals surface area contributed by atoms with Gasteiger partial charge in [-0.05, 0) is 36.4 Å². The number of phenols is 6. The number of benzene rings is 3. The highest BCUT2D eigenvalue weighted by molar-refractivity contribution is 7.81. The van der Waals surface area contributed by atoms with Crippen LogP contribution < -0.4 is 13.7 Å². The maximum absolute atomic E-state index is 12.5. The molecular formula is C21H14O16S. The highest BCUT2D eigenvalue weighted by atomic mass is 32.3. The van der Waals surface area contributed by atoms with E-state index in [-0.39, 0.29) is 0 Å². The maximum atomic E-state index is 12.5. The predicted octanol–water partition coefficient (Wildman–Crippen LogP) is 1.24. The van der Waals surface area contributed by atoms with E-state index in [1.54, 1.807) is 0 Å². The molecule has 16 nitrogen and oxygen atoms in total. The van der Waals surface area contributed by atoms with Gasteiger partial charge in [-0.3, -0.25) is 4.55 Å². The molecule has 0 radical (unpaired) electrons. The molecular weight excluding hydrogens is 540 g/mol. The SMILES string of the molecule is O=C(O)c1cc(O)c(O)c(OC(=O)c2cc(O)c(O)c(OC(=O)c3cc(O)c(OS(=O)(=O)O)c(O)c3)c2)c1. The van der Waals surface area contributed by atoms with Crippen LogP contribution in [0.15, 0.2) is 36.4 Å². The fraction of sp³-hybridized carbons (Fsp3) is 0. The molecule has 0 aliphatic carbocycles. The average molecular weight is 554 g/mol. The first kappa shape index (κ1) is 27.2. The van der Waals surface area contributed by atoms with Gasteiger partial charge in [0.05, 0.1) is 16.7 Å². The molecule has 38 heavy (non-hydrogen) atoms. The molecule has 0 aliphatic rings. The summed E-state index contributed by atoms with van der Waals surface area (Å²) in [5.41, 5.74) is -1.85. The monoisotopic (exact) mass is 554 g/mol. The standard InChI is InChI=1S/C21H14O16S/c22-10-1-7(19(28)29)5-14(16(10)26)35-21(31)9-2-11(23)17(27)15(6-9)36-20(30)8-3-12(24)18(13(25)4-8)37-38(32,33)34/h1-6,22-27H,(H,28,29)(H,32,33,34). The molecule has 0 heterocycles. The first-order valence-corrected chi connectivity index (χ1v) is 11.0. The van der Waals surface area contributed by atoms with Crippen molar-refractivity contribution in [2.75, 3.05) is 0 Å². The summed E-state index contributed by atoms with van der Waals surface area (Å²) in [5, 5.41) is 68.1. The first-order valence-electron chi connectivity index (χ1n) is 9.59. The number of aromatic carboxylic acids is 1. The number of carboxylic acid groups (broad SMARTS) is 1. The van der Waals surface area contributed by atoms with Gasteiger partial charge in [-0.15, -0.1) is 0 Å². The second-order valence-electron chi connectivity index (χ2n) is 7.12. The lowest BCUT2D eigenvalue weighted by Crippen LogP contribution is -2.12. The Morgan fingerprint density at radius 1 is 0.605 bits per heavy atom. The second-order valence-corrected chi connectivity index (χ2v) is 8.15. The topological polar surface area (TPSA) is 275 Å². The summed E-state index contributed by atoms with van der Waals surface area (Å²) in [6, 6.07) is 3.78. The van der Waals surface area contributed by atoms with Crippen molar-refractivity contribution in [2.24, 2.45) is 0 Å². The molecule has 200 valence electrons. The van der Waals surface area contributed by atoms with Crippen LogP contribution in [0.3, 0.4) is 0 Å². The van der Waals surface area contributed by atoms with Crippen molar-refractivity contribution in [1.82, 2.24) is 0 Å². The third-order valence-corrected chi connectivity index (χ3v) is 4.85. The molecule has 0 bridgehead atoms. The van der Waals surface area contributed by atoms with Crippen LogP contribution in [0.2, 0.25) is 0 Å². The van der Waals surface area contributed by atoms with E-state index in [1.807, 2.05) is 0 Å². The Kier molecular flexibility index (Phi) is 7.09. The van der Waals surface area contributed by atoms with Crippen molar-refractivity contribution >= 4 is 28.3 Å². The van der Waals surface area contributed by atoms with Crippen LogP contribution in [0, 0.1) is 0 Å². The third kappa shape index (κ3) is 5.86. The van der Waals surface area contributed by atoms with Crippen LogP contribution in [0.4, 0.5) is 0 Å². The van der Waals surface area contributed by atoms with E-state index in [4.69, 9.17) is 19.1 Å². The Bertz CT molecular complexity index is 1570. The van der Waals surface area contributed by atoms with Crippen LogP contribution in [-0.4, -0.2) is 66.6 Å². The van der Waals surface area contributed by atoms with E-state index < -0.39 is 96.7 Å². The summed E-state index contributed by atoms with van der Waals surface area (Å²) in [7, 11) is -5.16. The zero-order valence-corrected chi connectivity index (χ0v) is 19.0. The molecule has 0 saturated carbocycles. The molecule has 0 spiro atoms. The van der Waals surface area contributed by atoms with Crippen molar-refractivity contribution in [2.45, 2.75) is 0 Å². The largest absolute Gasteiger partial charge is 0.504 e. The minimum atomic E-state index is -5.16. The second kappa shape index (κ2) is 9.91. The summed E-state index contributed by atoms with van der Waals surface area (Å²) in [6.45, 7) is 0. The van der Waals surface area contributed by atoms with Crippen LogP contribution in [-0.2, 0) is 10.4 Å². The number of hydrogen-bond donors (Lipinski definition) is 8. The number of carbonyl (C=O) groups is 3. The van der Waals surface area contributed by atoms with Gasteiger partial charge in [-0.25, -0.2) is 14.4 Å². The van der Waals surface area contributed by atoms with Crippen molar-refractivity contribution < 1.29 is 76.8 Å². The molecule has 0 aromatic heterocycles. The third-order valence-electron chi connectivity index (χ3n) is 4.47. The van der Waals surface area contributed by atoms with Gasteiger partial charge < -0.3 is 49.4 Å². The molecule has 3 rings (SSSR count). The van der Waals surface area contributed by atoms with Gasteiger partial charge >= 0.3 is 28.3 Å². The van der Waals surface area contributed by atoms with E-state index in [9.17, 15) is 53.4 Å². The van der Waals surface area contributed by atoms with E-state index in [0.29, 0.717) is 36.4 Å². The normalized spacial score (nSPS) is 11.0. The summed E-state index contributed by atoms with van der Waals surface area (Å²) in [6.07, 6.45) is 0. The molecule has 17 heteroatoms. The molecule has 0 atom stereocenters. The van der Waals surface area contributed by atoms with Gasteiger partial charge in [0.2, 0.25) is 17.2 Å². The lowest BCUT2D eigenvalue weighted by atomic mass is 10.1. The smallest absolute Gasteiger partial charge is 0.446 e. The zero-order chi connectivity index (χ0) is 28.5. The summed E-state index contributed by atoms with van der Waals surface area (Å²) in [5.74, 6) is -13.4. The minimum absolute atomic E-state index is 0.544. The van der Waals surface area contributed by atoms with E-state index >= 15 is 0 Å². The Morgan fingerprint density at radius 2 is 0.974 bits per heavy atom. The Balaban J connectivity index is 1.91. The van der Waals surface area contributed by atoms with Crippen molar-refractivity contribution in [3.63, 3.8) is 0 Å². The van der Waals surface area contributed by atoms with Crippen molar-refractivity contribution in [3.8, 4) is 51.7 Å². The van der Waals surface area contributed by atoms with Gasteiger partial charge in [0.15, 0.2) is 34.5 Å². The van der Waals surface area contributed by atoms with Crippen LogP contribution in [0.25, 0.3) is 0 Å². The number of esters is 2. The minimum Gasteiger partial charge on any atom is -0.504 e. The van der Waals surface area contributed by atoms with Crippen LogP contribution in [0.1, 0.15) is 31.1 Å². The molecule has 0 saturated heterocycles. The Hall–Kier alpha value is -5.42. The number of phenolic OH excluding ortho intramolecular Hbond substituents is 6. The molecule has 3 aromatic carbocycles. The van der Waals surface area contributed by atoms with E-state index in [1.165, 1.54) is 0 Å². The molecule has 3 aromatic rings. The Morgan fingerprint density at radius 3 is 1.39 bits per heavy atom. The van der Waals surface area contributed by atoms with Crippen molar-refractivity contribution in [3.05, 3.63) is 53.1 Å². The fourth-order valence-electron chi connectivity index (χ4n) is 2.81. The first-order chi connectivity index (χ1) is 17.6. The number of carboxylic acids is 1. The molecule has 0 amide bonds. The number of carbonyl (C=O) groups excluding carboxylic acids is 2. The maximum Gasteiger partial charge on any atom is 0.446 e. The van der Waals surface area contributed by atoms with Gasteiger partial charge in [-0.2, -0.15) is 8.42 Å². The number of rotatable bonds is 7. The number of hydrogen-bond acceptors (Lipinski definition) is 14. The Labute approximate surface area is 210 Å². The van der Waals surface area contributed by atoms with E-state index in [2.05, 4.69) is 4.18 Å². The zero-order valence-electron chi connectivity index (χ0n) is 18.2.